The van der Waals surface area contributed by atoms with E-state index < -0.39 is 0 Å². The molecule has 3 heteroatoms. The molecule has 0 amide bonds. The first kappa shape index (κ1) is 15.5. The van der Waals surface area contributed by atoms with E-state index in [2.05, 4.69) is 56.7 Å². The van der Waals surface area contributed by atoms with E-state index in [1.807, 2.05) is 0 Å². The van der Waals surface area contributed by atoms with E-state index in [1.54, 1.807) is 11.3 Å². The fraction of sp³-hybridized carbons (Fsp3) is 0.867. The van der Waals surface area contributed by atoms with Gasteiger partial charge in [0.2, 0.25) is 0 Å². The molecule has 1 unspecified atom stereocenters. The predicted molar refractivity (Wildman–Crippen MR) is 78.8 cm³/mol. The third kappa shape index (κ3) is 2.57. The Labute approximate surface area is 113 Å². The average Bonchev–Trinajstić information content (AvgIpc) is 2.43. The molecule has 0 radical (unpaired) electrons. The number of hydrazine groups is 2. The van der Waals surface area contributed by atoms with Crippen molar-refractivity contribution in [2.75, 3.05) is 19.6 Å². The summed E-state index contributed by atoms with van der Waals surface area (Å²) in [6, 6.07) is 0.595. The maximum atomic E-state index is 2.54. The summed E-state index contributed by atoms with van der Waals surface area (Å²) in [5.74, 6) is 0. The number of rotatable bonds is 6. The van der Waals surface area contributed by atoms with Gasteiger partial charge in [0.1, 0.15) is 0 Å². The summed E-state index contributed by atoms with van der Waals surface area (Å²) in [4.78, 5) is 0. The monoisotopic (exact) mass is 253 g/mol. The Hall–Kier alpha value is -0.540. The number of likely N-dealkylation sites (N-methyl/N-ethyl adjacent to an activating group) is 1. The molecule has 3 nitrogen and oxygen atoms in total. The highest BCUT2D eigenvalue weighted by Gasteiger charge is 2.34. The lowest BCUT2D eigenvalue weighted by Crippen LogP contribution is -2.60. The number of hydrogen-bond donors (Lipinski definition) is 0. The lowest BCUT2D eigenvalue weighted by atomic mass is 9.96. The molecular weight excluding hydrogens is 222 g/mol. The van der Waals surface area contributed by atoms with E-state index in [1.165, 1.54) is 12.8 Å². The van der Waals surface area contributed by atoms with Gasteiger partial charge in [0.25, 0.3) is 0 Å². The summed E-state index contributed by atoms with van der Waals surface area (Å²) in [5.41, 5.74) is 3.20. The van der Waals surface area contributed by atoms with E-state index in [9.17, 15) is 0 Å². The topological polar surface area (TPSA) is 9.72 Å². The zero-order valence-electron chi connectivity index (χ0n) is 13.2. The van der Waals surface area contributed by atoms with Crippen LogP contribution in [0.4, 0.5) is 0 Å². The Bertz CT molecular complexity index is 257. The summed E-state index contributed by atoms with van der Waals surface area (Å²) < 4.78 is 0. The maximum Gasteiger partial charge on any atom is 0.0490 e. The van der Waals surface area contributed by atoms with Gasteiger partial charge in [-0.05, 0) is 38.7 Å². The van der Waals surface area contributed by atoms with Crippen LogP contribution in [0.5, 0.6) is 0 Å². The number of hydrogen-bond acceptors (Lipinski definition) is 3. The summed E-state index contributed by atoms with van der Waals surface area (Å²) >= 11 is 0. The predicted octanol–water partition coefficient (Wildman–Crippen LogP) is 3.65. The van der Waals surface area contributed by atoms with Gasteiger partial charge in [-0.2, -0.15) is 5.12 Å². The third-order valence-electron chi connectivity index (χ3n) is 4.03. The van der Waals surface area contributed by atoms with Crippen molar-refractivity contribution in [2.24, 2.45) is 0 Å². The Morgan fingerprint density at radius 2 is 1.50 bits per heavy atom. The molecule has 1 atom stereocenters. The minimum Gasteiger partial charge on any atom is -0.297 e. The van der Waals surface area contributed by atoms with E-state index in [-0.39, 0.29) is 0 Å². The van der Waals surface area contributed by atoms with Gasteiger partial charge in [-0.3, -0.25) is 5.01 Å². The zero-order chi connectivity index (χ0) is 13.7. The normalized spacial score (nSPS) is 23.0. The SMILES string of the molecule is CCC1=C(CC)N(CC)N(CC)N(CC)C1CC. The summed E-state index contributed by atoms with van der Waals surface area (Å²) in [5, 5.41) is 7.47. The number of allylic oxidation sites excluding steroid dienone is 1. The van der Waals surface area contributed by atoms with Gasteiger partial charge in [0.15, 0.2) is 0 Å². The molecule has 1 rings (SSSR count). The van der Waals surface area contributed by atoms with E-state index >= 15 is 0 Å². The molecule has 0 aromatic rings. The van der Waals surface area contributed by atoms with Crippen molar-refractivity contribution in [2.45, 2.75) is 66.8 Å². The molecular formula is C15H31N3. The Morgan fingerprint density at radius 1 is 0.833 bits per heavy atom. The zero-order valence-corrected chi connectivity index (χ0v) is 13.2. The van der Waals surface area contributed by atoms with Gasteiger partial charge >= 0.3 is 0 Å². The molecule has 0 aromatic carbocycles. The minimum atomic E-state index is 0.595. The van der Waals surface area contributed by atoms with Gasteiger partial charge in [-0.25, -0.2) is 5.01 Å². The molecule has 1 aliphatic heterocycles. The fourth-order valence-electron chi connectivity index (χ4n) is 3.37. The molecule has 18 heavy (non-hydrogen) atoms. The highest BCUT2D eigenvalue weighted by atomic mass is 15.9. The van der Waals surface area contributed by atoms with Crippen molar-refractivity contribution in [1.82, 2.24) is 15.1 Å². The second kappa shape index (κ2) is 7.15. The second-order valence-electron chi connectivity index (χ2n) is 4.76. The van der Waals surface area contributed by atoms with Crippen molar-refractivity contribution < 1.29 is 0 Å². The van der Waals surface area contributed by atoms with Crippen molar-refractivity contribution >= 4 is 0 Å². The molecule has 0 N–H and O–H groups in total. The summed E-state index contributed by atoms with van der Waals surface area (Å²) in [6.45, 7) is 16.9. The first-order chi connectivity index (χ1) is 8.69. The van der Waals surface area contributed by atoms with Crippen molar-refractivity contribution in [3.05, 3.63) is 11.3 Å². The first-order valence-corrected chi connectivity index (χ1v) is 7.73. The Kier molecular flexibility index (Phi) is 6.16. The molecule has 0 aliphatic carbocycles. The highest BCUT2D eigenvalue weighted by molar-refractivity contribution is 5.21. The third-order valence-corrected chi connectivity index (χ3v) is 4.03. The van der Waals surface area contributed by atoms with Gasteiger partial charge in [-0.1, -0.05) is 27.7 Å². The van der Waals surface area contributed by atoms with Crippen molar-refractivity contribution in [1.29, 1.82) is 0 Å². The van der Waals surface area contributed by atoms with Crippen LogP contribution in [-0.4, -0.2) is 40.8 Å². The maximum absolute atomic E-state index is 2.54. The van der Waals surface area contributed by atoms with E-state index in [4.69, 9.17) is 0 Å². The van der Waals surface area contributed by atoms with Gasteiger partial charge < -0.3 is 0 Å². The van der Waals surface area contributed by atoms with Gasteiger partial charge in [-0.15, -0.1) is 0 Å². The van der Waals surface area contributed by atoms with Crippen molar-refractivity contribution in [3.63, 3.8) is 0 Å². The van der Waals surface area contributed by atoms with Crippen LogP contribution < -0.4 is 0 Å². The molecule has 0 bridgehead atoms. The largest absolute Gasteiger partial charge is 0.297 e. The van der Waals surface area contributed by atoms with Crippen LogP contribution in [0.2, 0.25) is 0 Å². The van der Waals surface area contributed by atoms with Gasteiger partial charge in [0.05, 0.1) is 0 Å². The summed E-state index contributed by atoms with van der Waals surface area (Å²) in [7, 11) is 0. The summed E-state index contributed by atoms with van der Waals surface area (Å²) in [6.07, 6.45) is 3.52. The van der Waals surface area contributed by atoms with Crippen LogP contribution in [0.3, 0.4) is 0 Å². The van der Waals surface area contributed by atoms with Crippen LogP contribution in [0, 0.1) is 0 Å². The van der Waals surface area contributed by atoms with Crippen molar-refractivity contribution in [3.8, 4) is 0 Å². The molecule has 106 valence electrons. The number of nitrogens with zero attached hydrogens (tertiary/aromatic N) is 3. The Morgan fingerprint density at radius 3 is 1.83 bits per heavy atom. The van der Waals surface area contributed by atoms with Crippen LogP contribution >= 0.6 is 0 Å². The molecule has 1 aliphatic rings. The minimum absolute atomic E-state index is 0.595. The lowest BCUT2D eigenvalue weighted by Gasteiger charge is -2.52. The molecule has 0 saturated carbocycles. The average molecular weight is 253 g/mol. The standard InChI is InChI=1S/C15H31N3/c1-7-13-14(8-2)16(10-4)18(12-6)17(11-5)15(13)9-3/h14H,7-12H2,1-6H3. The lowest BCUT2D eigenvalue weighted by molar-refractivity contribution is -0.192. The smallest absolute Gasteiger partial charge is 0.0490 e. The fourth-order valence-corrected chi connectivity index (χ4v) is 3.37. The Balaban J connectivity index is 3.25. The van der Waals surface area contributed by atoms with Gasteiger partial charge in [0, 0.05) is 31.4 Å². The van der Waals surface area contributed by atoms with Crippen LogP contribution in [-0.2, 0) is 0 Å². The van der Waals surface area contributed by atoms with E-state index in [0.717, 1.165) is 26.1 Å². The molecule has 0 fully saturated rings. The van der Waals surface area contributed by atoms with E-state index in [0.29, 0.717) is 6.04 Å². The first-order valence-electron chi connectivity index (χ1n) is 7.73. The quantitative estimate of drug-likeness (QED) is 0.715. The molecule has 0 spiro atoms. The van der Waals surface area contributed by atoms with Crippen LogP contribution in [0.15, 0.2) is 11.3 Å². The highest BCUT2D eigenvalue weighted by Crippen LogP contribution is 2.32. The van der Waals surface area contributed by atoms with Crippen LogP contribution in [0.25, 0.3) is 0 Å². The second-order valence-corrected chi connectivity index (χ2v) is 4.76. The molecule has 0 saturated heterocycles. The van der Waals surface area contributed by atoms with Crippen LogP contribution in [0.1, 0.15) is 60.8 Å². The molecule has 0 aromatic heterocycles. The molecule has 1 heterocycles.